The Morgan fingerprint density at radius 2 is 1.91 bits per heavy atom. The third-order valence-corrected chi connectivity index (χ3v) is 6.05. The van der Waals surface area contributed by atoms with Crippen molar-refractivity contribution >= 4 is 23.7 Å². The largest absolute Gasteiger partial charge is 0.352 e. The zero-order valence-electron chi connectivity index (χ0n) is 13.4. The SMILES string of the molecule is CC1CCN(CCCCN2c3ccccc3SC2C=O)CC1. The van der Waals surface area contributed by atoms with Gasteiger partial charge < -0.3 is 14.6 Å². The van der Waals surface area contributed by atoms with Crippen molar-refractivity contribution in [1.82, 2.24) is 4.90 Å². The minimum Gasteiger partial charge on any atom is -0.352 e. The number of hydrogen-bond donors (Lipinski definition) is 0. The van der Waals surface area contributed by atoms with E-state index < -0.39 is 0 Å². The van der Waals surface area contributed by atoms with Gasteiger partial charge in [0.2, 0.25) is 0 Å². The molecule has 3 rings (SSSR count). The molecule has 1 saturated heterocycles. The van der Waals surface area contributed by atoms with Crippen molar-refractivity contribution in [3.63, 3.8) is 0 Å². The zero-order chi connectivity index (χ0) is 15.4. The smallest absolute Gasteiger partial charge is 0.153 e. The molecular formula is C18H26N2OS. The van der Waals surface area contributed by atoms with Gasteiger partial charge in [0.05, 0.1) is 5.69 Å². The minimum absolute atomic E-state index is 0.0340. The van der Waals surface area contributed by atoms with E-state index in [0.29, 0.717) is 0 Å². The van der Waals surface area contributed by atoms with Crippen LogP contribution >= 0.6 is 11.8 Å². The van der Waals surface area contributed by atoms with Crippen LogP contribution in [0.3, 0.4) is 0 Å². The van der Waals surface area contributed by atoms with E-state index in [-0.39, 0.29) is 5.37 Å². The molecule has 4 heteroatoms. The molecule has 1 fully saturated rings. The van der Waals surface area contributed by atoms with Crippen LogP contribution in [-0.2, 0) is 4.79 Å². The fourth-order valence-corrected chi connectivity index (χ4v) is 4.50. The van der Waals surface area contributed by atoms with Gasteiger partial charge in [-0.3, -0.25) is 0 Å². The number of anilines is 1. The molecule has 1 unspecified atom stereocenters. The van der Waals surface area contributed by atoms with E-state index >= 15 is 0 Å². The van der Waals surface area contributed by atoms with E-state index in [1.807, 2.05) is 0 Å². The van der Waals surface area contributed by atoms with E-state index in [9.17, 15) is 4.79 Å². The molecule has 22 heavy (non-hydrogen) atoms. The molecule has 2 aliphatic heterocycles. The summed E-state index contributed by atoms with van der Waals surface area (Å²) < 4.78 is 0. The zero-order valence-corrected chi connectivity index (χ0v) is 14.2. The molecule has 2 heterocycles. The van der Waals surface area contributed by atoms with E-state index in [1.165, 1.54) is 49.5 Å². The number of hydrogen-bond acceptors (Lipinski definition) is 4. The maximum atomic E-state index is 11.3. The highest BCUT2D eigenvalue weighted by Crippen LogP contribution is 2.42. The summed E-state index contributed by atoms with van der Waals surface area (Å²) in [5, 5.41) is -0.0340. The van der Waals surface area contributed by atoms with Crippen LogP contribution in [0, 0.1) is 5.92 Å². The molecule has 0 saturated carbocycles. The summed E-state index contributed by atoms with van der Waals surface area (Å²) in [6.45, 7) is 7.08. The highest BCUT2D eigenvalue weighted by molar-refractivity contribution is 8.01. The average molecular weight is 318 g/mol. The number of carbonyl (C=O) groups is 1. The van der Waals surface area contributed by atoms with Crippen LogP contribution < -0.4 is 4.90 Å². The predicted octanol–water partition coefficient (Wildman–Crippen LogP) is 3.64. The summed E-state index contributed by atoms with van der Waals surface area (Å²) >= 11 is 1.68. The fraction of sp³-hybridized carbons (Fsp3) is 0.611. The van der Waals surface area contributed by atoms with Crippen molar-refractivity contribution in [3.8, 4) is 0 Å². The summed E-state index contributed by atoms with van der Waals surface area (Å²) in [5.41, 5.74) is 1.23. The quantitative estimate of drug-likeness (QED) is 0.590. The van der Waals surface area contributed by atoms with Gasteiger partial charge in [-0.2, -0.15) is 0 Å². The van der Waals surface area contributed by atoms with Crippen molar-refractivity contribution in [3.05, 3.63) is 24.3 Å². The first-order valence-electron chi connectivity index (χ1n) is 8.48. The molecule has 1 aromatic rings. The summed E-state index contributed by atoms with van der Waals surface area (Å²) in [7, 11) is 0. The van der Waals surface area contributed by atoms with Gasteiger partial charge in [-0.15, -0.1) is 0 Å². The molecule has 0 bridgehead atoms. The van der Waals surface area contributed by atoms with E-state index in [1.54, 1.807) is 11.8 Å². The van der Waals surface area contributed by atoms with Crippen LogP contribution in [0.4, 0.5) is 5.69 Å². The van der Waals surface area contributed by atoms with Crippen LogP contribution in [0.25, 0.3) is 0 Å². The second kappa shape index (κ2) is 7.51. The lowest BCUT2D eigenvalue weighted by atomic mass is 9.99. The molecule has 3 nitrogen and oxygen atoms in total. The number of unbranched alkanes of at least 4 members (excludes halogenated alkanes) is 1. The number of likely N-dealkylation sites (tertiary alicyclic amines) is 1. The highest BCUT2D eigenvalue weighted by atomic mass is 32.2. The first-order chi connectivity index (χ1) is 10.8. The van der Waals surface area contributed by atoms with Crippen molar-refractivity contribution < 1.29 is 4.79 Å². The Hall–Kier alpha value is -1.00. The molecule has 2 aliphatic rings. The van der Waals surface area contributed by atoms with Crippen molar-refractivity contribution in [2.24, 2.45) is 5.92 Å². The fourth-order valence-electron chi connectivity index (χ4n) is 3.38. The summed E-state index contributed by atoms with van der Waals surface area (Å²) in [5.74, 6) is 0.905. The summed E-state index contributed by atoms with van der Waals surface area (Å²) in [6.07, 6.45) is 6.16. The molecule has 0 radical (unpaired) electrons. The first kappa shape index (κ1) is 15.9. The Labute approximate surface area is 138 Å². The number of piperidine rings is 1. The van der Waals surface area contributed by atoms with E-state index in [4.69, 9.17) is 0 Å². The predicted molar refractivity (Wildman–Crippen MR) is 93.6 cm³/mol. The first-order valence-corrected chi connectivity index (χ1v) is 9.36. The third kappa shape index (κ3) is 3.66. The lowest BCUT2D eigenvalue weighted by molar-refractivity contribution is -0.107. The molecule has 0 N–H and O–H groups in total. The number of rotatable bonds is 6. The second-order valence-electron chi connectivity index (χ2n) is 6.54. The highest BCUT2D eigenvalue weighted by Gasteiger charge is 2.28. The summed E-state index contributed by atoms with van der Waals surface area (Å²) in [6, 6.07) is 8.37. The molecule has 1 atom stereocenters. The van der Waals surface area contributed by atoms with Crippen molar-refractivity contribution in [2.75, 3.05) is 31.1 Å². The van der Waals surface area contributed by atoms with Gasteiger partial charge in [-0.05, 0) is 63.4 Å². The van der Waals surface area contributed by atoms with Crippen LogP contribution in [0.5, 0.6) is 0 Å². The molecule has 0 aromatic heterocycles. The molecule has 0 spiro atoms. The lowest BCUT2D eigenvalue weighted by Crippen LogP contribution is -2.35. The Kier molecular flexibility index (Phi) is 5.42. The monoisotopic (exact) mass is 318 g/mol. The Balaban J connectivity index is 1.46. The lowest BCUT2D eigenvalue weighted by Gasteiger charge is -2.30. The molecule has 120 valence electrons. The molecule has 0 amide bonds. The Bertz CT molecular complexity index is 500. The normalized spacial score (nSPS) is 22.8. The van der Waals surface area contributed by atoms with Gasteiger partial charge in [0.15, 0.2) is 6.29 Å². The topological polar surface area (TPSA) is 23.6 Å². The minimum atomic E-state index is -0.0340. The van der Waals surface area contributed by atoms with Crippen molar-refractivity contribution in [1.29, 1.82) is 0 Å². The maximum Gasteiger partial charge on any atom is 0.153 e. The van der Waals surface area contributed by atoms with E-state index in [2.05, 4.69) is 41.0 Å². The van der Waals surface area contributed by atoms with Gasteiger partial charge in [0.1, 0.15) is 5.37 Å². The standard InChI is InChI=1S/C18H26N2OS/c1-15-8-12-19(13-9-15)10-4-5-11-20-16-6-2-3-7-17(16)22-18(20)14-21/h2-3,6-7,14-15,18H,4-5,8-13H2,1H3. The van der Waals surface area contributed by atoms with Crippen LogP contribution in [-0.4, -0.2) is 42.7 Å². The molecule has 1 aromatic carbocycles. The second-order valence-corrected chi connectivity index (χ2v) is 7.70. The van der Waals surface area contributed by atoms with E-state index in [0.717, 1.165) is 25.2 Å². The Morgan fingerprint density at radius 1 is 1.18 bits per heavy atom. The maximum absolute atomic E-state index is 11.3. The number of carbonyl (C=O) groups excluding carboxylic acids is 1. The number of nitrogens with zero attached hydrogens (tertiary/aromatic N) is 2. The third-order valence-electron chi connectivity index (χ3n) is 4.85. The molecule has 0 aliphatic carbocycles. The van der Waals surface area contributed by atoms with Crippen LogP contribution in [0.15, 0.2) is 29.2 Å². The van der Waals surface area contributed by atoms with Crippen molar-refractivity contribution in [2.45, 2.75) is 42.9 Å². The van der Waals surface area contributed by atoms with Gasteiger partial charge in [-0.1, -0.05) is 30.8 Å². The number of aldehydes is 1. The van der Waals surface area contributed by atoms with Crippen LogP contribution in [0.2, 0.25) is 0 Å². The number of fused-ring (bicyclic) bond motifs is 1. The summed E-state index contributed by atoms with van der Waals surface area (Å²) in [4.78, 5) is 17.4. The number of benzene rings is 1. The number of thioether (sulfide) groups is 1. The molecular weight excluding hydrogens is 292 g/mol. The van der Waals surface area contributed by atoms with Gasteiger partial charge in [0.25, 0.3) is 0 Å². The van der Waals surface area contributed by atoms with Gasteiger partial charge in [0, 0.05) is 11.4 Å². The average Bonchev–Trinajstić information content (AvgIpc) is 2.91. The van der Waals surface area contributed by atoms with Gasteiger partial charge in [-0.25, -0.2) is 0 Å². The Morgan fingerprint density at radius 3 is 2.68 bits per heavy atom. The van der Waals surface area contributed by atoms with Gasteiger partial charge >= 0.3 is 0 Å². The van der Waals surface area contributed by atoms with Crippen LogP contribution in [0.1, 0.15) is 32.6 Å². The number of para-hydroxylation sites is 1.